The quantitative estimate of drug-likeness (QED) is 0.599. The van der Waals surface area contributed by atoms with Crippen molar-refractivity contribution in [1.29, 1.82) is 0 Å². The van der Waals surface area contributed by atoms with Gasteiger partial charge in [-0.1, -0.05) is 45.8 Å². The van der Waals surface area contributed by atoms with Gasteiger partial charge in [0.1, 0.15) is 12.9 Å². The number of fused-ring (bicyclic) bond motifs is 1. The monoisotopic (exact) mass is 456 g/mol. The van der Waals surface area contributed by atoms with Gasteiger partial charge in [0.15, 0.2) is 11.5 Å². The van der Waals surface area contributed by atoms with Crippen LogP contribution in [0.5, 0.6) is 11.5 Å². The van der Waals surface area contributed by atoms with Crippen molar-refractivity contribution in [2.45, 2.75) is 32.9 Å². The fourth-order valence-corrected chi connectivity index (χ4v) is 3.87. The van der Waals surface area contributed by atoms with Gasteiger partial charge in [-0.05, 0) is 37.1 Å². The Bertz CT molecular complexity index is 1030. The van der Waals surface area contributed by atoms with Crippen LogP contribution in [0, 0.1) is 6.92 Å². The SMILES string of the molecule is CCOc1cc([C@H]2CC(=O)Nc3ncnn32)c(Br)cc1OCc1ccc(C)cc1. The van der Waals surface area contributed by atoms with E-state index < -0.39 is 0 Å². The Balaban J connectivity index is 1.64. The van der Waals surface area contributed by atoms with Gasteiger partial charge in [-0.3, -0.25) is 10.1 Å². The van der Waals surface area contributed by atoms with Crippen LogP contribution in [0.25, 0.3) is 0 Å². The average Bonchev–Trinajstić information content (AvgIpc) is 3.17. The zero-order valence-corrected chi connectivity index (χ0v) is 17.8. The highest BCUT2D eigenvalue weighted by atomic mass is 79.9. The average molecular weight is 457 g/mol. The summed E-state index contributed by atoms with van der Waals surface area (Å²) in [6.45, 7) is 4.92. The minimum absolute atomic E-state index is 0.0972. The molecule has 0 fully saturated rings. The molecule has 4 rings (SSSR count). The minimum atomic E-state index is -0.277. The maximum atomic E-state index is 12.1. The number of hydrogen-bond donors (Lipinski definition) is 1. The highest BCUT2D eigenvalue weighted by molar-refractivity contribution is 9.10. The van der Waals surface area contributed by atoms with E-state index in [0.29, 0.717) is 30.7 Å². The van der Waals surface area contributed by atoms with E-state index in [1.165, 1.54) is 11.9 Å². The Kier molecular flexibility index (Phi) is 5.53. The van der Waals surface area contributed by atoms with Crippen molar-refractivity contribution >= 4 is 27.8 Å². The summed E-state index contributed by atoms with van der Waals surface area (Å²) in [5, 5.41) is 7.00. The molecule has 1 aliphatic rings. The first-order chi connectivity index (χ1) is 14.0. The van der Waals surface area contributed by atoms with Gasteiger partial charge in [0.25, 0.3) is 0 Å². The molecule has 1 aliphatic heterocycles. The lowest BCUT2D eigenvalue weighted by Gasteiger charge is -2.25. The standard InChI is InChI=1S/C21H21BrN4O3/c1-3-28-18-8-15(17-10-20(27)25-21-23-12-24-26(17)21)16(22)9-19(18)29-11-14-6-4-13(2)5-7-14/h4-9,12,17H,3,10-11H2,1-2H3,(H,23,24,25,27)/t17-/m1/s1. The van der Waals surface area contributed by atoms with E-state index in [1.807, 2.05) is 31.2 Å². The molecule has 0 saturated heterocycles. The molecule has 8 heteroatoms. The molecule has 150 valence electrons. The van der Waals surface area contributed by atoms with Crippen LogP contribution in [0.2, 0.25) is 0 Å². The number of aryl methyl sites for hydroxylation is 1. The van der Waals surface area contributed by atoms with Crippen molar-refractivity contribution in [3.8, 4) is 11.5 Å². The molecule has 0 bridgehead atoms. The van der Waals surface area contributed by atoms with Crippen LogP contribution in [-0.2, 0) is 11.4 Å². The summed E-state index contributed by atoms with van der Waals surface area (Å²) in [5.41, 5.74) is 3.17. The van der Waals surface area contributed by atoms with Gasteiger partial charge in [0.2, 0.25) is 11.9 Å². The van der Waals surface area contributed by atoms with Gasteiger partial charge < -0.3 is 9.47 Å². The fourth-order valence-electron chi connectivity index (χ4n) is 3.28. The smallest absolute Gasteiger partial charge is 0.229 e. The summed E-state index contributed by atoms with van der Waals surface area (Å²) >= 11 is 3.64. The van der Waals surface area contributed by atoms with Crippen LogP contribution in [0.3, 0.4) is 0 Å². The van der Waals surface area contributed by atoms with Crippen molar-refractivity contribution in [3.05, 3.63) is 63.9 Å². The number of rotatable bonds is 6. The second-order valence-corrected chi connectivity index (χ2v) is 7.68. The molecule has 29 heavy (non-hydrogen) atoms. The van der Waals surface area contributed by atoms with E-state index in [2.05, 4.69) is 50.4 Å². The van der Waals surface area contributed by atoms with E-state index in [1.54, 1.807) is 4.68 Å². The molecule has 7 nitrogen and oxygen atoms in total. The predicted molar refractivity (Wildman–Crippen MR) is 112 cm³/mol. The van der Waals surface area contributed by atoms with E-state index >= 15 is 0 Å². The molecular weight excluding hydrogens is 436 g/mol. The van der Waals surface area contributed by atoms with Crippen molar-refractivity contribution in [3.63, 3.8) is 0 Å². The number of amides is 1. The van der Waals surface area contributed by atoms with Crippen LogP contribution >= 0.6 is 15.9 Å². The first kappa shape index (κ1) is 19.4. The number of carbonyl (C=O) groups is 1. The van der Waals surface area contributed by atoms with Crippen LogP contribution in [0.1, 0.15) is 36.1 Å². The number of halogens is 1. The van der Waals surface area contributed by atoms with Crippen molar-refractivity contribution in [2.24, 2.45) is 0 Å². The van der Waals surface area contributed by atoms with Crippen molar-refractivity contribution < 1.29 is 14.3 Å². The molecule has 1 amide bonds. The van der Waals surface area contributed by atoms with Crippen LogP contribution in [0.15, 0.2) is 47.2 Å². The molecular formula is C21H21BrN4O3. The summed E-state index contributed by atoms with van der Waals surface area (Å²) in [6.07, 6.45) is 1.70. The van der Waals surface area contributed by atoms with E-state index in [-0.39, 0.29) is 18.4 Å². The Morgan fingerprint density at radius 1 is 1.21 bits per heavy atom. The molecule has 2 heterocycles. The number of hydrogen-bond acceptors (Lipinski definition) is 5. The van der Waals surface area contributed by atoms with E-state index in [0.717, 1.165) is 15.6 Å². The lowest BCUT2D eigenvalue weighted by molar-refractivity contribution is -0.117. The molecule has 3 aromatic rings. The highest BCUT2D eigenvalue weighted by Crippen LogP contribution is 2.40. The van der Waals surface area contributed by atoms with Gasteiger partial charge >= 0.3 is 0 Å². The zero-order chi connectivity index (χ0) is 20.4. The summed E-state index contributed by atoms with van der Waals surface area (Å²) < 4.78 is 14.4. The molecule has 0 aliphatic carbocycles. The molecule has 1 aromatic heterocycles. The zero-order valence-electron chi connectivity index (χ0n) is 16.2. The third-order valence-corrected chi connectivity index (χ3v) is 5.42. The van der Waals surface area contributed by atoms with Crippen LogP contribution in [-0.4, -0.2) is 27.3 Å². The van der Waals surface area contributed by atoms with Crippen molar-refractivity contribution in [1.82, 2.24) is 14.8 Å². The fraction of sp³-hybridized carbons (Fsp3) is 0.286. The number of ether oxygens (including phenoxy) is 2. The summed E-state index contributed by atoms with van der Waals surface area (Å²) in [4.78, 5) is 16.2. The number of nitrogens with zero attached hydrogens (tertiary/aromatic N) is 3. The topological polar surface area (TPSA) is 78.3 Å². The number of benzene rings is 2. The number of aromatic nitrogens is 3. The molecule has 0 radical (unpaired) electrons. The highest BCUT2D eigenvalue weighted by Gasteiger charge is 2.30. The third-order valence-electron chi connectivity index (χ3n) is 4.74. The summed E-state index contributed by atoms with van der Waals surface area (Å²) in [6, 6.07) is 11.7. The number of carbonyl (C=O) groups excluding carboxylic acids is 1. The Morgan fingerprint density at radius 3 is 2.72 bits per heavy atom. The Hall–Kier alpha value is -2.87. The van der Waals surface area contributed by atoms with Crippen LogP contribution in [0.4, 0.5) is 5.95 Å². The Labute approximate surface area is 177 Å². The number of anilines is 1. The second kappa shape index (κ2) is 8.24. The van der Waals surface area contributed by atoms with E-state index in [9.17, 15) is 4.79 Å². The normalized spacial score (nSPS) is 15.6. The first-order valence-corrected chi connectivity index (χ1v) is 10.2. The third kappa shape index (κ3) is 4.12. The molecule has 1 atom stereocenters. The van der Waals surface area contributed by atoms with Gasteiger partial charge in [0, 0.05) is 4.47 Å². The second-order valence-electron chi connectivity index (χ2n) is 6.82. The maximum absolute atomic E-state index is 12.1. The lowest BCUT2D eigenvalue weighted by atomic mass is 10.0. The lowest BCUT2D eigenvalue weighted by Crippen LogP contribution is -2.29. The molecule has 0 spiro atoms. The van der Waals surface area contributed by atoms with Crippen molar-refractivity contribution in [2.75, 3.05) is 11.9 Å². The molecule has 2 aromatic carbocycles. The van der Waals surface area contributed by atoms with Gasteiger partial charge in [0.05, 0.1) is 19.1 Å². The number of nitrogens with one attached hydrogen (secondary N) is 1. The predicted octanol–water partition coefficient (Wildman–Crippen LogP) is 4.26. The maximum Gasteiger partial charge on any atom is 0.229 e. The summed E-state index contributed by atoms with van der Waals surface area (Å²) in [5.74, 6) is 1.61. The van der Waals surface area contributed by atoms with Gasteiger partial charge in [-0.2, -0.15) is 10.1 Å². The molecule has 0 saturated carbocycles. The van der Waals surface area contributed by atoms with Gasteiger partial charge in [-0.15, -0.1) is 0 Å². The molecule has 1 N–H and O–H groups in total. The van der Waals surface area contributed by atoms with Gasteiger partial charge in [-0.25, -0.2) is 4.68 Å². The largest absolute Gasteiger partial charge is 0.490 e. The minimum Gasteiger partial charge on any atom is -0.490 e. The van der Waals surface area contributed by atoms with E-state index in [4.69, 9.17) is 9.47 Å². The molecule has 0 unspecified atom stereocenters. The first-order valence-electron chi connectivity index (χ1n) is 9.39. The summed E-state index contributed by atoms with van der Waals surface area (Å²) in [7, 11) is 0. The Morgan fingerprint density at radius 2 is 1.97 bits per heavy atom. The van der Waals surface area contributed by atoms with Crippen LogP contribution < -0.4 is 14.8 Å².